The number of amides is 2. The van der Waals surface area contributed by atoms with Crippen LogP contribution in [0.5, 0.6) is 5.75 Å². The number of nitrogens with zero attached hydrogens (tertiary/aromatic N) is 4. The summed E-state index contributed by atoms with van der Waals surface area (Å²) in [5.41, 5.74) is 0.168. The lowest BCUT2D eigenvalue weighted by Crippen LogP contribution is -2.48. The standard InChI is InChI=1S/C30H44F3N5O7S/c1-20-15-38(21(2)18-39)29(41)24-14-23(35-27(40)11-12-30(31,32)33)9-10-25(24)45-22(3)8-6-7-13-44-26(20)16-37(5)46(42,43)28-17-36(4)19-34-28/h9-10,14,17,19-22,26,39H,6-8,11-13,15-16,18H2,1-5H3,(H,35,40)/t20-,21-,22-,26+/m0/s1. The van der Waals surface area contributed by atoms with Crippen molar-refractivity contribution in [3.63, 3.8) is 0 Å². The first-order valence-corrected chi connectivity index (χ1v) is 16.6. The smallest absolute Gasteiger partial charge is 0.389 e. The molecule has 0 aliphatic carbocycles. The number of likely N-dealkylation sites (N-methyl/N-ethyl adjacent to an activating group) is 1. The average Bonchev–Trinajstić information content (AvgIpc) is 3.44. The predicted octanol–water partition coefficient (Wildman–Crippen LogP) is 3.82. The summed E-state index contributed by atoms with van der Waals surface area (Å²) < 4.78 is 79.4. The number of aryl methyl sites for hydroxylation is 1. The first-order valence-electron chi connectivity index (χ1n) is 15.2. The van der Waals surface area contributed by atoms with Gasteiger partial charge in [-0.15, -0.1) is 0 Å². The van der Waals surface area contributed by atoms with Gasteiger partial charge in [0.05, 0.1) is 43.2 Å². The molecule has 1 aromatic heterocycles. The van der Waals surface area contributed by atoms with Crippen LogP contribution in [0, 0.1) is 5.92 Å². The number of benzene rings is 1. The first kappa shape index (κ1) is 37.2. The van der Waals surface area contributed by atoms with Crippen LogP contribution in [0.2, 0.25) is 0 Å². The van der Waals surface area contributed by atoms with Gasteiger partial charge in [-0.2, -0.15) is 17.5 Å². The highest BCUT2D eigenvalue weighted by molar-refractivity contribution is 7.89. The summed E-state index contributed by atoms with van der Waals surface area (Å²) in [6.07, 6.45) is -2.74. The molecule has 0 saturated heterocycles. The van der Waals surface area contributed by atoms with Gasteiger partial charge in [-0.25, -0.2) is 13.4 Å². The van der Waals surface area contributed by atoms with Gasteiger partial charge < -0.3 is 29.4 Å². The summed E-state index contributed by atoms with van der Waals surface area (Å²) in [7, 11) is -0.835. The zero-order valence-electron chi connectivity index (χ0n) is 26.8. The maximum Gasteiger partial charge on any atom is 0.389 e. The number of hydrogen-bond acceptors (Lipinski definition) is 8. The Bertz CT molecular complexity index is 1440. The van der Waals surface area contributed by atoms with Gasteiger partial charge in [-0.3, -0.25) is 9.59 Å². The molecule has 12 nitrogen and oxygen atoms in total. The second-order valence-electron chi connectivity index (χ2n) is 11.8. The van der Waals surface area contributed by atoms with E-state index in [1.54, 1.807) is 14.0 Å². The number of anilines is 1. The molecule has 0 unspecified atom stereocenters. The molecule has 2 heterocycles. The van der Waals surface area contributed by atoms with Crippen molar-refractivity contribution in [2.45, 2.75) is 82.3 Å². The van der Waals surface area contributed by atoms with Gasteiger partial charge in [0.1, 0.15) is 5.75 Å². The van der Waals surface area contributed by atoms with Crippen molar-refractivity contribution in [2.75, 3.05) is 38.7 Å². The van der Waals surface area contributed by atoms with Crippen LogP contribution in [0.15, 0.2) is 35.7 Å². The van der Waals surface area contributed by atoms with Crippen molar-refractivity contribution < 1.29 is 45.8 Å². The van der Waals surface area contributed by atoms with Crippen LogP contribution in [0.1, 0.15) is 63.2 Å². The number of aromatic nitrogens is 2. The number of halogens is 3. The second-order valence-corrected chi connectivity index (χ2v) is 13.8. The number of carbonyl (C=O) groups excluding carboxylic acids is 2. The van der Waals surface area contributed by atoms with Gasteiger partial charge in [-0.1, -0.05) is 6.92 Å². The van der Waals surface area contributed by atoms with Gasteiger partial charge in [0.25, 0.3) is 15.9 Å². The number of sulfonamides is 1. The Morgan fingerprint density at radius 2 is 1.98 bits per heavy atom. The molecular formula is C30H44F3N5O7S. The Labute approximate surface area is 267 Å². The molecule has 16 heteroatoms. The van der Waals surface area contributed by atoms with Gasteiger partial charge >= 0.3 is 6.18 Å². The summed E-state index contributed by atoms with van der Waals surface area (Å²) in [4.78, 5) is 31.8. The van der Waals surface area contributed by atoms with E-state index in [9.17, 15) is 36.3 Å². The Morgan fingerprint density at radius 3 is 2.61 bits per heavy atom. The molecule has 1 aliphatic heterocycles. The van der Waals surface area contributed by atoms with Crippen LogP contribution < -0.4 is 10.1 Å². The number of carbonyl (C=O) groups is 2. The van der Waals surface area contributed by atoms with Crippen molar-refractivity contribution in [2.24, 2.45) is 13.0 Å². The fourth-order valence-electron chi connectivity index (χ4n) is 4.97. The number of aliphatic hydroxyl groups is 1. The van der Waals surface area contributed by atoms with E-state index < -0.39 is 65.5 Å². The molecule has 2 N–H and O–H groups in total. The third-order valence-electron chi connectivity index (χ3n) is 7.76. The lowest BCUT2D eigenvalue weighted by atomic mass is 10.0. The molecule has 0 radical (unpaired) electrons. The largest absolute Gasteiger partial charge is 0.490 e. The van der Waals surface area contributed by atoms with Gasteiger partial charge in [0.2, 0.25) is 5.91 Å². The SMILES string of the molecule is C[C@H]1CCCCO[C@H](CN(C)S(=O)(=O)c2cn(C)cn2)[C@@H](C)CN([C@@H](C)CO)C(=O)c2cc(NC(=O)CCC(F)(F)F)ccc2O1. The fourth-order valence-corrected chi connectivity index (χ4v) is 6.12. The minimum atomic E-state index is -4.49. The zero-order chi connectivity index (χ0) is 34.2. The quantitative estimate of drug-likeness (QED) is 0.409. The molecule has 3 rings (SSSR count). The Morgan fingerprint density at radius 1 is 1.26 bits per heavy atom. The number of ether oxygens (including phenoxy) is 2. The summed E-state index contributed by atoms with van der Waals surface area (Å²) in [5.74, 6) is -1.61. The summed E-state index contributed by atoms with van der Waals surface area (Å²) in [6, 6.07) is 3.61. The summed E-state index contributed by atoms with van der Waals surface area (Å²) in [5, 5.41) is 12.4. The van der Waals surface area contributed by atoms with Gasteiger partial charge in [-0.05, 0) is 51.3 Å². The molecule has 4 atom stereocenters. The van der Waals surface area contributed by atoms with Crippen LogP contribution in [0.4, 0.5) is 18.9 Å². The number of nitrogens with one attached hydrogen (secondary N) is 1. The van der Waals surface area contributed by atoms with Crippen molar-refractivity contribution in [3.05, 3.63) is 36.3 Å². The highest BCUT2D eigenvalue weighted by atomic mass is 32.2. The van der Waals surface area contributed by atoms with E-state index >= 15 is 0 Å². The topological polar surface area (TPSA) is 143 Å². The highest BCUT2D eigenvalue weighted by Crippen LogP contribution is 2.29. The second kappa shape index (κ2) is 16.1. The molecule has 2 amide bonds. The normalized spacial score (nSPS) is 21.3. The third kappa shape index (κ3) is 10.4. The number of hydrogen-bond donors (Lipinski definition) is 2. The third-order valence-corrected chi connectivity index (χ3v) is 9.47. The fraction of sp³-hybridized carbons (Fsp3) is 0.633. The first-order chi connectivity index (χ1) is 21.5. The van der Waals surface area contributed by atoms with Crippen LogP contribution in [0.3, 0.4) is 0 Å². The lowest BCUT2D eigenvalue weighted by Gasteiger charge is -2.35. The molecule has 0 spiro atoms. The number of imidazole rings is 1. The number of aliphatic hydroxyl groups excluding tert-OH is 1. The van der Waals surface area contributed by atoms with Gasteiger partial charge in [0.15, 0.2) is 5.03 Å². The van der Waals surface area contributed by atoms with E-state index in [0.29, 0.717) is 25.9 Å². The van der Waals surface area contributed by atoms with Gasteiger partial charge in [0, 0.05) is 58.0 Å². The van der Waals surface area contributed by atoms with Crippen molar-refractivity contribution in [1.29, 1.82) is 0 Å². The molecule has 258 valence electrons. The van der Waals surface area contributed by atoms with Crippen LogP contribution in [-0.2, 0) is 26.6 Å². The minimum Gasteiger partial charge on any atom is -0.490 e. The van der Waals surface area contributed by atoms with E-state index in [1.807, 2.05) is 13.8 Å². The highest BCUT2D eigenvalue weighted by Gasteiger charge is 2.33. The monoisotopic (exact) mass is 675 g/mol. The van der Waals surface area contributed by atoms with E-state index in [2.05, 4.69) is 10.3 Å². The van der Waals surface area contributed by atoms with Crippen LogP contribution in [-0.4, -0.2) is 102 Å². The lowest BCUT2D eigenvalue weighted by molar-refractivity contribution is -0.142. The maximum absolute atomic E-state index is 14.1. The molecule has 46 heavy (non-hydrogen) atoms. The Kier molecular flexibility index (Phi) is 13.0. The van der Waals surface area contributed by atoms with E-state index in [1.165, 1.54) is 51.5 Å². The van der Waals surface area contributed by atoms with Crippen molar-refractivity contribution >= 4 is 27.5 Å². The average molecular weight is 676 g/mol. The Hall–Kier alpha value is -3.21. The van der Waals surface area contributed by atoms with E-state index in [-0.39, 0.29) is 41.2 Å². The zero-order valence-corrected chi connectivity index (χ0v) is 27.6. The maximum atomic E-state index is 14.1. The minimum absolute atomic E-state index is 0.0280. The number of rotatable bonds is 9. The molecule has 2 aromatic rings. The number of alkyl halides is 3. The van der Waals surface area contributed by atoms with Crippen LogP contribution in [0.25, 0.3) is 0 Å². The molecule has 0 fully saturated rings. The molecule has 0 bridgehead atoms. The Balaban J connectivity index is 1.94. The molecule has 0 saturated carbocycles. The summed E-state index contributed by atoms with van der Waals surface area (Å²) in [6.45, 7) is 5.28. The van der Waals surface area contributed by atoms with Crippen molar-refractivity contribution in [1.82, 2.24) is 18.8 Å². The number of fused-ring (bicyclic) bond motifs is 1. The van der Waals surface area contributed by atoms with Crippen molar-refractivity contribution in [3.8, 4) is 5.75 Å². The molecular weight excluding hydrogens is 631 g/mol. The molecule has 1 aromatic carbocycles. The molecule has 1 aliphatic rings. The van der Waals surface area contributed by atoms with Crippen LogP contribution >= 0.6 is 0 Å². The summed E-state index contributed by atoms with van der Waals surface area (Å²) >= 11 is 0. The predicted molar refractivity (Wildman–Crippen MR) is 164 cm³/mol. The van der Waals surface area contributed by atoms with E-state index in [0.717, 1.165) is 0 Å². The van der Waals surface area contributed by atoms with E-state index in [4.69, 9.17) is 9.47 Å².